The second-order valence-corrected chi connectivity index (χ2v) is 7.36. The van der Waals surface area contributed by atoms with Crippen LogP contribution in [0, 0.1) is 5.82 Å². The topological polar surface area (TPSA) is 93.2 Å². The van der Waals surface area contributed by atoms with Crippen molar-refractivity contribution >= 4 is 34.1 Å². The van der Waals surface area contributed by atoms with Gasteiger partial charge in [0.25, 0.3) is 5.91 Å². The molecule has 4 aromatic rings. The average Bonchev–Trinajstić information content (AvgIpc) is 2.79. The Labute approximate surface area is 195 Å². The highest BCUT2D eigenvalue weighted by Gasteiger charge is 2.34. The molecular weight excluding hydrogens is 468 g/mol. The van der Waals surface area contributed by atoms with Crippen molar-refractivity contribution < 1.29 is 31.9 Å². The Kier molecular flexibility index (Phi) is 6.32. The summed E-state index contributed by atoms with van der Waals surface area (Å²) in [5.41, 5.74) is -1.47. The molecule has 11 heteroatoms. The Balaban J connectivity index is 1.58. The van der Waals surface area contributed by atoms with Gasteiger partial charge in [-0.05, 0) is 53.2 Å². The molecule has 2 amide bonds. The summed E-state index contributed by atoms with van der Waals surface area (Å²) in [6, 6.07) is 13.4. The molecule has 0 atom stereocenters. The molecule has 2 N–H and O–H groups in total. The molecule has 1 aromatic heterocycles. The smallest absolute Gasteiger partial charge is 0.419 e. The fourth-order valence-electron chi connectivity index (χ4n) is 3.31. The number of ether oxygens (including phenoxy) is 1. The highest BCUT2D eigenvalue weighted by atomic mass is 19.4. The van der Waals surface area contributed by atoms with Crippen molar-refractivity contribution in [1.82, 2.24) is 9.97 Å². The number of alkyl halides is 3. The molecule has 178 valence electrons. The fourth-order valence-corrected chi connectivity index (χ4v) is 3.31. The number of aromatic nitrogens is 2. The number of amides is 2. The largest absolute Gasteiger partial charge is 0.439 e. The second-order valence-electron chi connectivity index (χ2n) is 7.36. The maximum atomic E-state index is 13.5. The number of fused-ring (bicyclic) bond motifs is 1. The van der Waals surface area contributed by atoms with E-state index in [1.165, 1.54) is 25.4 Å². The van der Waals surface area contributed by atoms with E-state index in [1.54, 1.807) is 30.3 Å². The Bertz CT molecular complexity index is 1440. The van der Waals surface area contributed by atoms with E-state index in [2.05, 4.69) is 20.6 Å². The van der Waals surface area contributed by atoms with E-state index >= 15 is 0 Å². The molecule has 4 rings (SSSR count). The van der Waals surface area contributed by atoms with Gasteiger partial charge in [0.1, 0.15) is 23.7 Å². The summed E-state index contributed by atoms with van der Waals surface area (Å²) in [5, 5.41) is 6.02. The minimum atomic E-state index is -4.90. The van der Waals surface area contributed by atoms with Gasteiger partial charge in [0, 0.05) is 24.2 Å². The summed E-state index contributed by atoms with van der Waals surface area (Å²) in [5.74, 6) is -1.58. The molecule has 0 aliphatic carbocycles. The van der Waals surface area contributed by atoms with Crippen molar-refractivity contribution in [2.24, 2.45) is 0 Å². The Hall–Kier alpha value is -4.54. The number of rotatable bonds is 5. The minimum absolute atomic E-state index is 0.175. The minimum Gasteiger partial charge on any atom is -0.439 e. The van der Waals surface area contributed by atoms with Gasteiger partial charge in [0.2, 0.25) is 11.8 Å². The lowest BCUT2D eigenvalue weighted by Gasteiger charge is -2.12. The first-order valence-electron chi connectivity index (χ1n) is 10.1. The van der Waals surface area contributed by atoms with Crippen LogP contribution in [0.1, 0.15) is 22.8 Å². The third-order valence-electron chi connectivity index (χ3n) is 4.79. The maximum Gasteiger partial charge on any atom is 0.419 e. The fraction of sp³-hybridized carbons (Fsp3) is 0.0833. The number of hydrogen-bond acceptors (Lipinski definition) is 5. The van der Waals surface area contributed by atoms with Gasteiger partial charge in [-0.2, -0.15) is 13.2 Å². The first kappa shape index (κ1) is 23.6. The molecule has 0 radical (unpaired) electrons. The lowest BCUT2D eigenvalue weighted by molar-refractivity contribution is -0.139. The predicted octanol–water partition coefficient (Wildman–Crippen LogP) is 5.79. The number of nitrogens with one attached hydrogen (secondary N) is 2. The first-order valence-corrected chi connectivity index (χ1v) is 10.1. The number of anilines is 2. The van der Waals surface area contributed by atoms with E-state index in [-0.39, 0.29) is 28.9 Å². The van der Waals surface area contributed by atoms with Gasteiger partial charge < -0.3 is 15.4 Å². The second kappa shape index (κ2) is 9.37. The van der Waals surface area contributed by atoms with Crippen LogP contribution >= 0.6 is 0 Å². The number of benzene rings is 3. The lowest BCUT2D eigenvalue weighted by atomic mass is 10.0. The summed E-state index contributed by atoms with van der Waals surface area (Å²) >= 11 is 0. The molecule has 0 fully saturated rings. The normalized spacial score (nSPS) is 11.2. The van der Waals surface area contributed by atoms with E-state index in [4.69, 9.17) is 4.74 Å². The van der Waals surface area contributed by atoms with Crippen molar-refractivity contribution in [3.05, 3.63) is 83.9 Å². The van der Waals surface area contributed by atoms with Gasteiger partial charge in [0.15, 0.2) is 0 Å². The maximum absolute atomic E-state index is 13.5. The van der Waals surface area contributed by atoms with Gasteiger partial charge in [-0.3, -0.25) is 9.59 Å². The summed E-state index contributed by atoms with van der Waals surface area (Å²) in [6.45, 7) is 1.34. The number of nitrogens with zero attached hydrogens (tertiary/aromatic N) is 2. The highest BCUT2D eigenvalue weighted by molar-refractivity contribution is 6.13. The molecule has 0 saturated heterocycles. The molecule has 0 aliphatic heterocycles. The van der Waals surface area contributed by atoms with Gasteiger partial charge in [-0.15, -0.1) is 0 Å². The molecule has 3 aromatic carbocycles. The summed E-state index contributed by atoms with van der Waals surface area (Å²) in [6.07, 6.45) is -3.67. The van der Waals surface area contributed by atoms with Crippen LogP contribution in [0.15, 0.2) is 67.0 Å². The standard InChI is InChI=1S/C24H16F4N4O3/c1-13(33)31-21-11-22(30-12-29-21)35-16-6-7-17-14(9-16)3-2-4-18(17)23(34)32-15-5-8-20(25)19(10-15)24(26,27)28/h2-12H,1H3,(H,32,34)(H,29,30,31,33). The predicted molar refractivity (Wildman–Crippen MR) is 120 cm³/mol. The van der Waals surface area contributed by atoms with Crippen molar-refractivity contribution in [3.63, 3.8) is 0 Å². The van der Waals surface area contributed by atoms with E-state index in [1.807, 2.05) is 0 Å². The van der Waals surface area contributed by atoms with Crippen LogP contribution in [0.3, 0.4) is 0 Å². The molecule has 7 nitrogen and oxygen atoms in total. The SMILES string of the molecule is CC(=O)Nc1cc(Oc2ccc3c(C(=O)Nc4ccc(F)c(C(F)(F)F)c4)cccc3c2)ncn1. The summed E-state index contributed by atoms with van der Waals surface area (Å²) < 4.78 is 58.2. The summed E-state index contributed by atoms with van der Waals surface area (Å²) in [4.78, 5) is 31.9. The zero-order valence-corrected chi connectivity index (χ0v) is 18.0. The molecule has 35 heavy (non-hydrogen) atoms. The molecule has 0 saturated carbocycles. The van der Waals surface area contributed by atoms with Crippen LogP contribution in [-0.4, -0.2) is 21.8 Å². The van der Waals surface area contributed by atoms with E-state index in [0.29, 0.717) is 28.7 Å². The number of hydrogen-bond donors (Lipinski definition) is 2. The molecule has 0 unspecified atom stereocenters. The third-order valence-corrected chi connectivity index (χ3v) is 4.79. The molecule has 0 spiro atoms. The Morgan fingerprint density at radius 1 is 0.943 bits per heavy atom. The van der Waals surface area contributed by atoms with E-state index < -0.39 is 23.5 Å². The van der Waals surface area contributed by atoms with Gasteiger partial charge >= 0.3 is 6.18 Å². The van der Waals surface area contributed by atoms with Crippen molar-refractivity contribution in [1.29, 1.82) is 0 Å². The van der Waals surface area contributed by atoms with Crippen LogP contribution in [0.4, 0.5) is 29.1 Å². The highest BCUT2D eigenvalue weighted by Crippen LogP contribution is 2.33. The third kappa shape index (κ3) is 5.52. The quantitative estimate of drug-likeness (QED) is 0.350. The molecule has 0 aliphatic rings. The van der Waals surface area contributed by atoms with Crippen LogP contribution < -0.4 is 15.4 Å². The van der Waals surface area contributed by atoms with Crippen molar-refractivity contribution in [3.8, 4) is 11.6 Å². The van der Waals surface area contributed by atoms with Crippen LogP contribution in [0.25, 0.3) is 10.8 Å². The monoisotopic (exact) mass is 484 g/mol. The van der Waals surface area contributed by atoms with Gasteiger partial charge in [-0.25, -0.2) is 14.4 Å². The number of halogens is 4. The first-order chi connectivity index (χ1) is 16.6. The zero-order chi connectivity index (χ0) is 25.2. The molecule has 0 bridgehead atoms. The van der Waals surface area contributed by atoms with E-state index in [9.17, 15) is 27.2 Å². The van der Waals surface area contributed by atoms with E-state index in [0.717, 1.165) is 6.07 Å². The van der Waals surface area contributed by atoms with Crippen LogP contribution in [-0.2, 0) is 11.0 Å². The number of carbonyl (C=O) groups excluding carboxylic acids is 2. The molecule has 1 heterocycles. The molecular formula is C24H16F4N4O3. The Morgan fingerprint density at radius 3 is 2.49 bits per heavy atom. The Morgan fingerprint density at radius 2 is 1.74 bits per heavy atom. The summed E-state index contributed by atoms with van der Waals surface area (Å²) in [7, 11) is 0. The lowest BCUT2D eigenvalue weighted by Crippen LogP contribution is -2.14. The average molecular weight is 484 g/mol. The van der Waals surface area contributed by atoms with Crippen molar-refractivity contribution in [2.45, 2.75) is 13.1 Å². The zero-order valence-electron chi connectivity index (χ0n) is 18.0. The van der Waals surface area contributed by atoms with Crippen molar-refractivity contribution in [2.75, 3.05) is 10.6 Å². The van der Waals surface area contributed by atoms with Crippen LogP contribution in [0.2, 0.25) is 0 Å². The van der Waals surface area contributed by atoms with Gasteiger partial charge in [0.05, 0.1) is 5.56 Å². The number of carbonyl (C=O) groups is 2. The van der Waals surface area contributed by atoms with Crippen LogP contribution in [0.5, 0.6) is 11.6 Å². The van der Waals surface area contributed by atoms with Gasteiger partial charge in [-0.1, -0.05) is 12.1 Å².